The van der Waals surface area contributed by atoms with Crippen LogP contribution in [0, 0.1) is 5.92 Å². The summed E-state index contributed by atoms with van der Waals surface area (Å²) in [7, 11) is 0. The zero-order chi connectivity index (χ0) is 26.7. The van der Waals surface area contributed by atoms with Gasteiger partial charge in [-0.3, -0.25) is 19.6 Å². The average Bonchev–Trinajstić information content (AvgIpc) is 2.86. The summed E-state index contributed by atoms with van der Waals surface area (Å²) in [5.74, 6) is 0.521. The Balaban J connectivity index is 0.00000400. The van der Waals surface area contributed by atoms with Crippen LogP contribution < -0.4 is 22.5 Å². The Bertz CT molecular complexity index is 1170. The number of piperazine rings is 1. The molecule has 2 aliphatic rings. The van der Waals surface area contributed by atoms with E-state index in [-0.39, 0.29) is 36.2 Å². The Morgan fingerprint density at radius 1 is 1.05 bits per heavy atom. The number of amides is 3. The molecule has 0 bridgehead atoms. The van der Waals surface area contributed by atoms with Crippen molar-refractivity contribution in [2.24, 2.45) is 17.4 Å². The number of nitrogens with two attached hydrogens (primary N) is 2. The minimum absolute atomic E-state index is 0. The highest BCUT2D eigenvalue weighted by molar-refractivity contribution is 5.89. The lowest BCUT2D eigenvalue weighted by Crippen LogP contribution is -2.58. The SMILES string of the molecule is CC1CN(Cc2ccc(-n3ccc(NC(=O)N4CCN(C(=O)C(C)(C)N)CC4)nc3=O)cc2)CCC1N.Cl. The zero-order valence-electron chi connectivity index (χ0n) is 22.3. The van der Waals surface area contributed by atoms with Gasteiger partial charge in [-0.2, -0.15) is 4.98 Å². The first-order valence-electron chi connectivity index (χ1n) is 12.8. The van der Waals surface area contributed by atoms with Crippen molar-refractivity contribution in [2.45, 2.75) is 45.3 Å². The molecule has 3 amide bonds. The minimum atomic E-state index is -0.945. The van der Waals surface area contributed by atoms with Gasteiger partial charge in [0.15, 0.2) is 0 Å². The predicted octanol–water partition coefficient (Wildman–Crippen LogP) is 1.24. The summed E-state index contributed by atoms with van der Waals surface area (Å²) in [5, 5.41) is 2.69. The van der Waals surface area contributed by atoms with Gasteiger partial charge in [0.1, 0.15) is 5.82 Å². The van der Waals surface area contributed by atoms with Gasteiger partial charge in [-0.1, -0.05) is 19.1 Å². The van der Waals surface area contributed by atoms with Crippen LogP contribution in [0.5, 0.6) is 0 Å². The number of likely N-dealkylation sites (tertiary alicyclic amines) is 1. The number of hydrogen-bond acceptors (Lipinski definition) is 7. The Morgan fingerprint density at radius 3 is 2.26 bits per heavy atom. The fourth-order valence-electron chi connectivity index (χ4n) is 4.79. The van der Waals surface area contributed by atoms with Crippen molar-refractivity contribution in [2.75, 3.05) is 44.6 Å². The molecule has 0 aliphatic carbocycles. The van der Waals surface area contributed by atoms with Crippen LogP contribution in [0.3, 0.4) is 0 Å². The van der Waals surface area contributed by atoms with Crippen LogP contribution >= 0.6 is 12.4 Å². The Morgan fingerprint density at radius 2 is 1.68 bits per heavy atom. The van der Waals surface area contributed by atoms with Crippen molar-refractivity contribution in [3.8, 4) is 5.69 Å². The minimum Gasteiger partial charge on any atom is -0.338 e. The first kappa shape index (κ1) is 29.6. The normalized spacial score (nSPS) is 20.6. The maximum absolute atomic E-state index is 12.7. The number of nitrogens with zero attached hydrogens (tertiary/aromatic N) is 5. The zero-order valence-corrected chi connectivity index (χ0v) is 23.1. The second-order valence-corrected chi connectivity index (χ2v) is 10.7. The highest BCUT2D eigenvalue weighted by Gasteiger charge is 2.31. The predicted molar refractivity (Wildman–Crippen MR) is 150 cm³/mol. The number of piperidine rings is 1. The Labute approximate surface area is 229 Å². The number of anilines is 1. The van der Waals surface area contributed by atoms with Crippen LogP contribution in [0.15, 0.2) is 41.3 Å². The molecule has 2 atom stereocenters. The van der Waals surface area contributed by atoms with E-state index in [1.807, 2.05) is 24.3 Å². The van der Waals surface area contributed by atoms with E-state index in [4.69, 9.17) is 11.5 Å². The number of rotatable bonds is 5. The standard InChI is InChI=1S/C26H38N8O3.ClH/c1-18-16-31(10-8-21(18)27)17-19-4-6-20(7-5-19)34-11-9-22(30-25(34)37)29-24(36)33-14-12-32(13-15-33)23(35)26(2,3)28;/h4-7,9,11,18,21H,8,10,12-17,27-28H2,1-3H3,(H,29,30,36,37);1H. The first-order chi connectivity index (χ1) is 17.5. The maximum Gasteiger partial charge on any atom is 0.354 e. The summed E-state index contributed by atoms with van der Waals surface area (Å²) in [4.78, 5) is 47.4. The molecule has 0 saturated carbocycles. The summed E-state index contributed by atoms with van der Waals surface area (Å²) in [6, 6.07) is 9.36. The smallest absolute Gasteiger partial charge is 0.338 e. The molecule has 12 heteroatoms. The largest absolute Gasteiger partial charge is 0.354 e. The number of benzene rings is 1. The lowest BCUT2D eigenvalue weighted by atomic mass is 9.94. The van der Waals surface area contributed by atoms with Crippen molar-refractivity contribution in [1.29, 1.82) is 0 Å². The lowest BCUT2D eigenvalue weighted by Gasteiger charge is -2.37. The number of urea groups is 1. The molecule has 1 aromatic carbocycles. The van der Waals surface area contributed by atoms with Crippen molar-refractivity contribution in [3.05, 3.63) is 52.6 Å². The van der Waals surface area contributed by atoms with Crippen LogP contribution in [0.1, 0.15) is 32.8 Å². The van der Waals surface area contributed by atoms with Gasteiger partial charge in [-0.25, -0.2) is 9.59 Å². The van der Waals surface area contributed by atoms with E-state index in [1.54, 1.807) is 35.9 Å². The third-order valence-electron chi connectivity index (χ3n) is 7.12. The van der Waals surface area contributed by atoms with Gasteiger partial charge in [-0.05, 0) is 56.5 Å². The Hall–Kier alpha value is -2.99. The van der Waals surface area contributed by atoms with Gasteiger partial charge < -0.3 is 21.3 Å². The number of hydrogen-bond donors (Lipinski definition) is 3. The van der Waals surface area contributed by atoms with Crippen molar-refractivity contribution < 1.29 is 9.59 Å². The highest BCUT2D eigenvalue weighted by Crippen LogP contribution is 2.18. The van der Waals surface area contributed by atoms with Crippen molar-refractivity contribution in [3.63, 3.8) is 0 Å². The van der Waals surface area contributed by atoms with E-state index in [0.717, 1.165) is 26.1 Å². The quantitative estimate of drug-likeness (QED) is 0.512. The van der Waals surface area contributed by atoms with E-state index < -0.39 is 11.2 Å². The van der Waals surface area contributed by atoms with Crippen LogP contribution in [0.2, 0.25) is 0 Å². The molecule has 38 heavy (non-hydrogen) atoms. The fourth-order valence-corrected chi connectivity index (χ4v) is 4.79. The first-order valence-corrected chi connectivity index (χ1v) is 12.8. The molecular weight excluding hydrogens is 508 g/mol. The molecule has 4 rings (SSSR count). The second kappa shape index (κ2) is 12.2. The second-order valence-electron chi connectivity index (χ2n) is 10.7. The molecule has 208 valence electrons. The summed E-state index contributed by atoms with van der Waals surface area (Å²) in [6.07, 6.45) is 2.61. The number of carbonyl (C=O) groups excluding carboxylic acids is 2. The third kappa shape index (κ3) is 7.10. The van der Waals surface area contributed by atoms with Gasteiger partial charge in [0.25, 0.3) is 0 Å². The average molecular weight is 547 g/mol. The molecule has 2 fully saturated rings. The van der Waals surface area contributed by atoms with Gasteiger partial charge in [0.05, 0.1) is 11.2 Å². The van der Waals surface area contributed by atoms with Gasteiger partial charge in [-0.15, -0.1) is 12.4 Å². The topological polar surface area (TPSA) is 143 Å². The lowest BCUT2D eigenvalue weighted by molar-refractivity contribution is -0.137. The monoisotopic (exact) mass is 546 g/mol. The van der Waals surface area contributed by atoms with E-state index in [2.05, 4.69) is 22.1 Å². The molecule has 2 unspecified atom stereocenters. The molecular formula is C26H39ClN8O3. The molecule has 2 aromatic rings. The molecule has 0 radical (unpaired) electrons. The molecule has 5 N–H and O–H groups in total. The van der Waals surface area contributed by atoms with Gasteiger partial charge >= 0.3 is 11.7 Å². The fraction of sp³-hybridized carbons (Fsp3) is 0.538. The molecule has 11 nitrogen and oxygen atoms in total. The van der Waals surface area contributed by atoms with Crippen molar-refractivity contribution in [1.82, 2.24) is 24.3 Å². The van der Waals surface area contributed by atoms with E-state index >= 15 is 0 Å². The highest BCUT2D eigenvalue weighted by atomic mass is 35.5. The third-order valence-corrected chi connectivity index (χ3v) is 7.12. The number of nitrogens with one attached hydrogen (secondary N) is 1. The molecule has 1 aromatic heterocycles. The molecule has 2 aliphatic heterocycles. The van der Waals surface area contributed by atoms with Gasteiger partial charge in [0.2, 0.25) is 5.91 Å². The van der Waals surface area contributed by atoms with Crippen LogP contribution in [-0.4, -0.2) is 87.0 Å². The van der Waals surface area contributed by atoms with Crippen LogP contribution in [-0.2, 0) is 11.3 Å². The molecule has 3 heterocycles. The maximum atomic E-state index is 12.7. The van der Waals surface area contributed by atoms with Crippen LogP contribution in [0.25, 0.3) is 5.69 Å². The Kier molecular flexibility index (Phi) is 9.53. The number of carbonyl (C=O) groups is 2. The molecule has 2 saturated heterocycles. The van der Waals surface area contributed by atoms with E-state index in [1.165, 1.54) is 10.1 Å². The summed E-state index contributed by atoms with van der Waals surface area (Å²) in [5.41, 5.74) is 12.5. The molecule has 0 spiro atoms. The van der Waals surface area contributed by atoms with E-state index in [0.29, 0.717) is 37.8 Å². The van der Waals surface area contributed by atoms with Crippen LogP contribution in [0.4, 0.5) is 10.6 Å². The van der Waals surface area contributed by atoms with E-state index in [9.17, 15) is 14.4 Å². The number of aromatic nitrogens is 2. The van der Waals surface area contributed by atoms with Gasteiger partial charge in [0, 0.05) is 51.5 Å². The summed E-state index contributed by atoms with van der Waals surface area (Å²) < 4.78 is 1.44. The summed E-state index contributed by atoms with van der Waals surface area (Å²) >= 11 is 0. The van der Waals surface area contributed by atoms with Crippen molar-refractivity contribution >= 4 is 30.2 Å². The number of halogens is 1. The summed E-state index contributed by atoms with van der Waals surface area (Å²) in [6.45, 7) is 9.92.